The second kappa shape index (κ2) is 3.00. The van der Waals surface area contributed by atoms with Gasteiger partial charge in [-0.05, 0) is 31.1 Å². The van der Waals surface area contributed by atoms with E-state index in [0.717, 1.165) is 11.8 Å². The van der Waals surface area contributed by atoms with Crippen molar-refractivity contribution in [3.05, 3.63) is 12.2 Å². The van der Waals surface area contributed by atoms with Crippen molar-refractivity contribution in [3.8, 4) is 0 Å². The Bertz CT molecular complexity index is 151. The highest BCUT2D eigenvalue weighted by Gasteiger charge is 2.28. The van der Waals surface area contributed by atoms with E-state index in [1.807, 2.05) is 0 Å². The summed E-state index contributed by atoms with van der Waals surface area (Å²) in [6.45, 7) is 4.08. The highest BCUT2D eigenvalue weighted by molar-refractivity contribution is 5.03. The number of allylic oxidation sites excluding steroid dienone is 1. The lowest BCUT2D eigenvalue weighted by Crippen LogP contribution is -2.06. The topological polar surface area (TPSA) is 0 Å². The molecule has 2 saturated carbocycles. The summed E-state index contributed by atoms with van der Waals surface area (Å²) in [5.74, 6) is 2.11. The first-order chi connectivity index (χ1) is 5.36. The van der Waals surface area contributed by atoms with E-state index < -0.39 is 0 Å². The molecular weight excluding hydrogens is 132 g/mol. The molecule has 2 fully saturated rings. The Morgan fingerprint density at radius 3 is 2.27 bits per heavy atom. The van der Waals surface area contributed by atoms with E-state index >= 15 is 0 Å². The van der Waals surface area contributed by atoms with E-state index in [1.54, 1.807) is 0 Å². The fourth-order valence-electron chi connectivity index (χ4n) is 2.80. The highest BCUT2D eigenvalue weighted by Crippen LogP contribution is 2.41. The maximum absolute atomic E-state index is 4.08. The Morgan fingerprint density at radius 1 is 1.00 bits per heavy atom. The van der Waals surface area contributed by atoms with Crippen LogP contribution in [0.3, 0.4) is 0 Å². The summed E-state index contributed by atoms with van der Waals surface area (Å²) >= 11 is 0. The summed E-state index contributed by atoms with van der Waals surface area (Å²) in [7, 11) is 0. The van der Waals surface area contributed by atoms with Crippen LogP contribution in [0.5, 0.6) is 0 Å². The van der Waals surface area contributed by atoms with E-state index in [9.17, 15) is 0 Å². The van der Waals surface area contributed by atoms with Gasteiger partial charge in [0.15, 0.2) is 0 Å². The predicted octanol–water partition coefficient (Wildman–Crippen LogP) is 3.53. The maximum atomic E-state index is 4.08. The van der Waals surface area contributed by atoms with E-state index in [4.69, 9.17) is 0 Å². The van der Waals surface area contributed by atoms with Crippen LogP contribution in [0.1, 0.15) is 44.9 Å². The Labute approximate surface area is 69.7 Å². The molecule has 0 bridgehead atoms. The van der Waals surface area contributed by atoms with Gasteiger partial charge in [0.05, 0.1) is 0 Å². The first kappa shape index (κ1) is 7.39. The molecule has 0 aromatic carbocycles. The highest BCUT2D eigenvalue weighted by atomic mass is 14.3. The summed E-state index contributed by atoms with van der Waals surface area (Å²) in [5.41, 5.74) is 1.52. The van der Waals surface area contributed by atoms with Crippen molar-refractivity contribution >= 4 is 0 Å². The predicted molar refractivity (Wildman–Crippen MR) is 48.4 cm³/mol. The standard InChI is InChI=1S/C11H18/c1-9-6-7-11(8-9)10-4-2-3-5-10/h10-11H,1-8H2. The number of hydrogen-bond donors (Lipinski definition) is 0. The molecule has 0 aromatic heterocycles. The Hall–Kier alpha value is -0.260. The van der Waals surface area contributed by atoms with Gasteiger partial charge in [0.25, 0.3) is 0 Å². The van der Waals surface area contributed by atoms with E-state index in [1.165, 1.54) is 50.5 Å². The zero-order valence-corrected chi connectivity index (χ0v) is 7.31. The minimum absolute atomic E-state index is 1.03. The van der Waals surface area contributed by atoms with Crippen LogP contribution in [0.2, 0.25) is 0 Å². The van der Waals surface area contributed by atoms with Crippen molar-refractivity contribution in [1.29, 1.82) is 0 Å². The van der Waals surface area contributed by atoms with Crippen LogP contribution < -0.4 is 0 Å². The molecule has 0 N–H and O–H groups in total. The van der Waals surface area contributed by atoms with Crippen molar-refractivity contribution < 1.29 is 0 Å². The molecule has 0 aromatic rings. The third-order valence-corrected chi connectivity index (χ3v) is 3.49. The molecule has 1 atom stereocenters. The van der Waals surface area contributed by atoms with Crippen LogP contribution >= 0.6 is 0 Å². The molecule has 1 unspecified atom stereocenters. The molecule has 0 heterocycles. The lowest BCUT2D eigenvalue weighted by Gasteiger charge is -2.16. The number of rotatable bonds is 1. The van der Waals surface area contributed by atoms with Crippen LogP contribution in [0, 0.1) is 11.8 Å². The van der Waals surface area contributed by atoms with Crippen molar-refractivity contribution in [2.75, 3.05) is 0 Å². The molecule has 0 heteroatoms. The lowest BCUT2D eigenvalue weighted by atomic mass is 9.89. The second-order valence-corrected chi connectivity index (χ2v) is 4.30. The van der Waals surface area contributed by atoms with Crippen molar-refractivity contribution in [1.82, 2.24) is 0 Å². The molecule has 0 radical (unpaired) electrons. The minimum Gasteiger partial charge on any atom is -0.0999 e. The molecule has 2 aliphatic rings. The summed E-state index contributed by atoms with van der Waals surface area (Å²) < 4.78 is 0. The van der Waals surface area contributed by atoms with Crippen LogP contribution in [0.4, 0.5) is 0 Å². The molecule has 2 aliphatic carbocycles. The Kier molecular flexibility index (Phi) is 2.02. The smallest absolute Gasteiger partial charge is 0.0292 e. The number of hydrogen-bond acceptors (Lipinski definition) is 0. The van der Waals surface area contributed by atoms with Crippen molar-refractivity contribution in [2.45, 2.75) is 44.9 Å². The molecule has 0 saturated heterocycles. The van der Waals surface area contributed by atoms with Gasteiger partial charge in [0.2, 0.25) is 0 Å². The van der Waals surface area contributed by atoms with Gasteiger partial charge < -0.3 is 0 Å². The molecule has 62 valence electrons. The first-order valence-electron chi connectivity index (χ1n) is 5.03. The summed E-state index contributed by atoms with van der Waals surface area (Å²) in [5, 5.41) is 0. The van der Waals surface area contributed by atoms with Crippen molar-refractivity contribution in [2.24, 2.45) is 11.8 Å². The monoisotopic (exact) mass is 150 g/mol. The molecule has 2 rings (SSSR count). The van der Waals surface area contributed by atoms with Gasteiger partial charge in [0.1, 0.15) is 0 Å². The van der Waals surface area contributed by atoms with Gasteiger partial charge in [-0.25, -0.2) is 0 Å². The maximum Gasteiger partial charge on any atom is -0.0292 e. The minimum atomic E-state index is 1.03. The van der Waals surface area contributed by atoms with Gasteiger partial charge in [0, 0.05) is 0 Å². The largest absolute Gasteiger partial charge is 0.0999 e. The lowest BCUT2D eigenvalue weighted by molar-refractivity contribution is 0.352. The molecule has 11 heavy (non-hydrogen) atoms. The molecular formula is C11H18. The summed E-state index contributed by atoms with van der Waals surface area (Å²) in [6, 6.07) is 0. The van der Waals surface area contributed by atoms with Crippen molar-refractivity contribution in [3.63, 3.8) is 0 Å². The normalized spacial score (nSPS) is 33.5. The molecule has 0 spiro atoms. The summed E-state index contributed by atoms with van der Waals surface area (Å²) in [4.78, 5) is 0. The third-order valence-electron chi connectivity index (χ3n) is 3.49. The Balaban J connectivity index is 1.90. The Morgan fingerprint density at radius 2 is 1.73 bits per heavy atom. The fourth-order valence-corrected chi connectivity index (χ4v) is 2.80. The average molecular weight is 150 g/mol. The van der Waals surface area contributed by atoms with Crippen LogP contribution in [0.25, 0.3) is 0 Å². The molecule has 0 nitrogen and oxygen atoms in total. The van der Waals surface area contributed by atoms with Gasteiger partial charge in [-0.3, -0.25) is 0 Å². The van der Waals surface area contributed by atoms with Gasteiger partial charge in [-0.1, -0.05) is 37.8 Å². The molecule has 0 amide bonds. The van der Waals surface area contributed by atoms with Gasteiger partial charge in [-0.15, -0.1) is 0 Å². The van der Waals surface area contributed by atoms with E-state index in [0.29, 0.717) is 0 Å². The van der Waals surface area contributed by atoms with Crippen LogP contribution in [-0.2, 0) is 0 Å². The van der Waals surface area contributed by atoms with Crippen LogP contribution in [0.15, 0.2) is 12.2 Å². The fraction of sp³-hybridized carbons (Fsp3) is 0.818. The zero-order chi connectivity index (χ0) is 7.68. The zero-order valence-electron chi connectivity index (χ0n) is 7.31. The van der Waals surface area contributed by atoms with Gasteiger partial charge in [-0.2, -0.15) is 0 Å². The average Bonchev–Trinajstić information content (AvgIpc) is 2.55. The van der Waals surface area contributed by atoms with E-state index in [2.05, 4.69) is 6.58 Å². The van der Waals surface area contributed by atoms with E-state index in [-0.39, 0.29) is 0 Å². The third kappa shape index (κ3) is 1.50. The van der Waals surface area contributed by atoms with Crippen LogP contribution in [-0.4, -0.2) is 0 Å². The van der Waals surface area contributed by atoms with Gasteiger partial charge >= 0.3 is 0 Å². The second-order valence-electron chi connectivity index (χ2n) is 4.30. The summed E-state index contributed by atoms with van der Waals surface area (Å²) in [6.07, 6.45) is 10.1. The molecule has 0 aliphatic heterocycles. The first-order valence-corrected chi connectivity index (χ1v) is 5.03. The SMILES string of the molecule is C=C1CCC(C2CCCC2)C1. The quantitative estimate of drug-likeness (QED) is 0.502.